The molecule has 0 bridgehead atoms. The van der Waals surface area contributed by atoms with Crippen LogP contribution in [0.25, 0.3) is 27.1 Å². The summed E-state index contributed by atoms with van der Waals surface area (Å²) < 4.78 is 48.5. The lowest BCUT2D eigenvalue weighted by Gasteiger charge is -2.18. The Morgan fingerprint density at radius 3 is 2.53 bits per heavy atom. The number of aromatic nitrogens is 2. The maximum absolute atomic E-state index is 13.7. The highest BCUT2D eigenvalue weighted by molar-refractivity contribution is 6.76. The molecule has 3 aromatic rings. The van der Waals surface area contributed by atoms with E-state index in [2.05, 4.69) is 29.5 Å². The minimum atomic E-state index is -4.57. The van der Waals surface area contributed by atoms with Gasteiger partial charge in [0.15, 0.2) is 5.69 Å². The zero-order chi connectivity index (χ0) is 22.1. The van der Waals surface area contributed by atoms with Gasteiger partial charge in [0, 0.05) is 25.6 Å². The lowest BCUT2D eigenvalue weighted by Crippen LogP contribution is -2.22. The van der Waals surface area contributed by atoms with Crippen molar-refractivity contribution in [2.45, 2.75) is 38.6 Å². The van der Waals surface area contributed by atoms with E-state index in [1.165, 1.54) is 12.1 Å². The van der Waals surface area contributed by atoms with E-state index in [0.717, 1.165) is 12.1 Å². The molecule has 0 aliphatic heterocycles. The molecular weight excluding hydrogens is 431 g/mol. The first-order valence-corrected chi connectivity index (χ1v) is 13.4. The van der Waals surface area contributed by atoms with Gasteiger partial charge in [0.25, 0.3) is 0 Å². The fraction of sp³-hybridized carbons (Fsp3) is 0.333. The number of ether oxygens (including phenoxy) is 1. The largest absolute Gasteiger partial charge is 0.416 e. The van der Waals surface area contributed by atoms with Gasteiger partial charge < -0.3 is 9.30 Å². The topological polar surface area (TPSA) is 31.4 Å². The monoisotopic (exact) mass is 451 g/mol. The summed E-state index contributed by atoms with van der Waals surface area (Å²) >= 11 is 6.04. The zero-order valence-corrected chi connectivity index (χ0v) is 18.6. The average Bonchev–Trinajstić information content (AvgIpc) is 3.01. The Balaban J connectivity index is 2.13. The first kappa shape index (κ1) is 22.3. The number of halogens is 4. The lowest BCUT2D eigenvalue weighted by molar-refractivity contribution is -0.137. The maximum Gasteiger partial charge on any atom is 0.416 e. The smallest absolute Gasteiger partial charge is 0.361 e. The van der Waals surface area contributed by atoms with Gasteiger partial charge in [-0.3, -0.25) is 0 Å². The van der Waals surface area contributed by atoms with Crippen LogP contribution in [0.15, 0.2) is 36.4 Å². The molecule has 30 heavy (non-hydrogen) atoms. The molecule has 0 saturated heterocycles. The molecule has 2 heterocycles. The van der Waals surface area contributed by atoms with Crippen LogP contribution in [0.1, 0.15) is 5.56 Å². The van der Waals surface area contributed by atoms with Gasteiger partial charge in [-0.1, -0.05) is 43.4 Å². The predicted molar refractivity (Wildman–Crippen MR) is 116 cm³/mol. The summed E-state index contributed by atoms with van der Waals surface area (Å²) in [6, 6.07) is 9.21. The molecule has 1 aromatic carbocycles. The fourth-order valence-electron chi connectivity index (χ4n) is 3.05. The SMILES string of the molecule is [C-]#[N+]c1ccc(C(F)(F)F)c(-c2cc3ccc(Cl)nc3n2COCC[Si](C)(C)C)c1. The van der Waals surface area contributed by atoms with Crippen LogP contribution in [0.5, 0.6) is 0 Å². The molecule has 3 rings (SSSR count). The summed E-state index contributed by atoms with van der Waals surface area (Å²) in [4.78, 5) is 7.59. The molecule has 0 spiro atoms. The molecule has 9 heteroatoms. The Hall–Kier alpha value is -2.34. The van der Waals surface area contributed by atoms with Crippen molar-refractivity contribution < 1.29 is 17.9 Å². The van der Waals surface area contributed by atoms with Crippen LogP contribution in [-0.4, -0.2) is 24.2 Å². The number of fused-ring (bicyclic) bond motifs is 1. The molecule has 0 radical (unpaired) electrons. The maximum atomic E-state index is 13.7. The van der Waals surface area contributed by atoms with Gasteiger partial charge in [-0.05, 0) is 30.3 Å². The highest BCUT2D eigenvalue weighted by Gasteiger charge is 2.34. The second-order valence-electron chi connectivity index (χ2n) is 8.19. The molecule has 0 N–H and O–H groups in total. The Labute approximate surface area is 179 Å². The highest BCUT2D eigenvalue weighted by Crippen LogP contribution is 2.40. The predicted octanol–water partition coefficient (Wildman–Crippen LogP) is 7.24. The normalized spacial score (nSPS) is 12.3. The second kappa shape index (κ2) is 8.42. The Bertz CT molecular complexity index is 1110. The van der Waals surface area contributed by atoms with E-state index in [9.17, 15) is 13.2 Å². The Morgan fingerprint density at radius 2 is 1.90 bits per heavy atom. The van der Waals surface area contributed by atoms with E-state index in [4.69, 9.17) is 22.9 Å². The van der Waals surface area contributed by atoms with Crippen molar-refractivity contribution in [3.8, 4) is 11.3 Å². The standard InChI is InChI=1S/C21H21ClF3N3OSi/c1-26-15-6-7-17(21(23,24)25)16(12-15)18-11-14-5-8-19(22)27-20(14)28(18)13-29-9-10-30(2,3)4/h5-8,11-12H,9-10,13H2,2-4H3. The molecule has 4 nitrogen and oxygen atoms in total. The molecule has 158 valence electrons. The van der Waals surface area contributed by atoms with Crippen LogP contribution in [0, 0.1) is 6.57 Å². The summed E-state index contributed by atoms with van der Waals surface area (Å²) in [6.45, 7) is 14.4. The van der Waals surface area contributed by atoms with Crippen LogP contribution in [-0.2, 0) is 17.6 Å². The third-order valence-electron chi connectivity index (χ3n) is 4.64. The van der Waals surface area contributed by atoms with E-state index in [-0.39, 0.29) is 28.8 Å². The minimum Gasteiger partial charge on any atom is -0.361 e. The number of rotatable bonds is 6. The molecule has 0 saturated carbocycles. The number of pyridine rings is 1. The van der Waals surface area contributed by atoms with Gasteiger partial charge in [0.2, 0.25) is 0 Å². The van der Waals surface area contributed by atoms with Gasteiger partial charge in [0.1, 0.15) is 17.5 Å². The molecular formula is C21H21ClF3N3OSi. The summed E-state index contributed by atoms with van der Waals surface area (Å²) in [5.74, 6) is 0. The van der Waals surface area contributed by atoms with Crippen LogP contribution < -0.4 is 0 Å². The first-order valence-electron chi connectivity index (χ1n) is 9.32. The Kier molecular flexibility index (Phi) is 6.27. The number of hydrogen-bond acceptors (Lipinski definition) is 2. The van der Waals surface area contributed by atoms with Crippen LogP contribution in [0.2, 0.25) is 30.8 Å². The van der Waals surface area contributed by atoms with Crippen molar-refractivity contribution in [2.75, 3.05) is 6.61 Å². The van der Waals surface area contributed by atoms with Crippen molar-refractivity contribution in [2.24, 2.45) is 0 Å². The summed E-state index contributed by atoms with van der Waals surface area (Å²) in [7, 11) is -1.32. The molecule has 0 amide bonds. The molecule has 0 aliphatic rings. The van der Waals surface area contributed by atoms with Crippen LogP contribution in [0.3, 0.4) is 0 Å². The summed E-state index contributed by atoms with van der Waals surface area (Å²) in [5, 5.41) is 0.881. The van der Waals surface area contributed by atoms with Gasteiger partial charge in [-0.15, -0.1) is 0 Å². The van der Waals surface area contributed by atoms with Gasteiger partial charge in [-0.2, -0.15) is 13.2 Å². The fourth-order valence-corrected chi connectivity index (χ4v) is 3.95. The van der Waals surface area contributed by atoms with E-state index >= 15 is 0 Å². The minimum absolute atomic E-state index is 0.0379. The van der Waals surface area contributed by atoms with Crippen molar-refractivity contribution in [3.63, 3.8) is 0 Å². The van der Waals surface area contributed by atoms with Crippen LogP contribution >= 0.6 is 11.6 Å². The van der Waals surface area contributed by atoms with Crippen molar-refractivity contribution in [1.82, 2.24) is 9.55 Å². The van der Waals surface area contributed by atoms with Gasteiger partial charge in [-0.25, -0.2) is 9.83 Å². The van der Waals surface area contributed by atoms with Crippen molar-refractivity contribution >= 4 is 36.4 Å². The van der Waals surface area contributed by atoms with Crippen LogP contribution in [0.4, 0.5) is 18.9 Å². The third kappa shape index (κ3) is 5.04. The average molecular weight is 452 g/mol. The van der Waals surface area contributed by atoms with Crippen molar-refractivity contribution in [3.05, 3.63) is 58.5 Å². The first-order chi connectivity index (χ1) is 14.0. The molecule has 2 aromatic heterocycles. The van der Waals surface area contributed by atoms with E-state index in [1.54, 1.807) is 22.8 Å². The van der Waals surface area contributed by atoms with E-state index in [0.29, 0.717) is 17.6 Å². The van der Waals surface area contributed by atoms with Gasteiger partial charge >= 0.3 is 6.18 Å². The number of hydrogen-bond donors (Lipinski definition) is 0. The Morgan fingerprint density at radius 1 is 1.17 bits per heavy atom. The highest BCUT2D eigenvalue weighted by atomic mass is 35.5. The quantitative estimate of drug-likeness (QED) is 0.171. The van der Waals surface area contributed by atoms with E-state index in [1.807, 2.05) is 0 Å². The lowest BCUT2D eigenvalue weighted by atomic mass is 10.0. The van der Waals surface area contributed by atoms with Gasteiger partial charge in [0.05, 0.1) is 17.8 Å². The van der Waals surface area contributed by atoms with E-state index < -0.39 is 19.8 Å². The third-order valence-corrected chi connectivity index (χ3v) is 6.56. The molecule has 0 atom stereocenters. The number of benzene rings is 1. The number of alkyl halides is 3. The summed E-state index contributed by atoms with van der Waals surface area (Å²) in [5.41, 5.74) is -0.0519. The molecule has 0 unspecified atom stereocenters. The molecule has 0 fully saturated rings. The second-order valence-corrected chi connectivity index (χ2v) is 14.2. The number of nitrogens with zero attached hydrogens (tertiary/aromatic N) is 3. The molecule has 0 aliphatic carbocycles. The zero-order valence-electron chi connectivity index (χ0n) is 16.8. The summed E-state index contributed by atoms with van der Waals surface area (Å²) in [6.07, 6.45) is -4.57. The van der Waals surface area contributed by atoms with Crippen molar-refractivity contribution in [1.29, 1.82) is 0 Å².